The van der Waals surface area contributed by atoms with Crippen LogP contribution in [0, 0.1) is 17.0 Å². The van der Waals surface area contributed by atoms with Crippen LogP contribution < -0.4 is 0 Å². The quantitative estimate of drug-likeness (QED) is 0.337. The highest BCUT2D eigenvalue weighted by atomic mass is 16.6. The average Bonchev–Trinajstić information content (AvgIpc) is 2.72. The zero-order chi connectivity index (χ0) is 19.9. The number of nitrogens with zero attached hydrogens (tertiary/aromatic N) is 1. The SMILES string of the molecule is Cc1ccc([C@H](/C=C\Cc2ccccc2)[C@@H](O)c2ccc([N+](=O)[O-])cc2)cc1. The minimum absolute atomic E-state index is 0.0162. The van der Waals surface area contributed by atoms with Crippen LogP contribution in [0.4, 0.5) is 5.69 Å². The molecular formula is C24H23NO3. The van der Waals surface area contributed by atoms with Gasteiger partial charge in [-0.2, -0.15) is 0 Å². The molecule has 0 radical (unpaired) electrons. The van der Waals surface area contributed by atoms with Crippen molar-refractivity contribution in [2.75, 3.05) is 0 Å². The monoisotopic (exact) mass is 373 g/mol. The summed E-state index contributed by atoms with van der Waals surface area (Å²) in [6.07, 6.45) is 4.06. The van der Waals surface area contributed by atoms with Gasteiger partial charge in [-0.3, -0.25) is 10.1 Å². The second-order valence-corrected chi connectivity index (χ2v) is 6.85. The minimum atomic E-state index is -0.796. The molecule has 0 aliphatic rings. The van der Waals surface area contributed by atoms with Crippen LogP contribution in [-0.2, 0) is 6.42 Å². The van der Waals surface area contributed by atoms with Crippen molar-refractivity contribution in [1.29, 1.82) is 0 Å². The van der Waals surface area contributed by atoms with E-state index < -0.39 is 11.0 Å². The van der Waals surface area contributed by atoms with E-state index in [1.807, 2.05) is 55.5 Å². The molecule has 0 bridgehead atoms. The number of non-ortho nitro benzene ring substituents is 1. The molecule has 0 unspecified atom stereocenters. The molecule has 0 amide bonds. The molecule has 4 heteroatoms. The molecule has 0 fully saturated rings. The van der Waals surface area contributed by atoms with E-state index in [4.69, 9.17) is 0 Å². The number of hydrogen-bond donors (Lipinski definition) is 1. The number of allylic oxidation sites excluding steroid dienone is 1. The molecule has 0 saturated carbocycles. The molecular weight excluding hydrogens is 350 g/mol. The van der Waals surface area contributed by atoms with Crippen molar-refractivity contribution in [1.82, 2.24) is 0 Å². The molecule has 2 atom stereocenters. The van der Waals surface area contributed by atoms with Gasteiger partial charge in [0.25, 0.3) is 5.69 Å². The van der Waals surface area contributed by atoms with Crippen molar-refractivity contribution in [3.63, 3.8) is 0 Å². The predicted molar refractivity (Wildman–Crippen MR) is 111 cm³/mol. The fourth-order valence-electron chi connectivity index (χ4n) is 3.15. The van der Waals surface area contributed by atoms with Gasteiger partial charge in [0, 0.05) is 18.1 Å². The van der Waals surface area contributed by atoms with Crippen molar-refractivity contribution < 1.29 is 10.0 Å². The molecule has 142 valence electrons. The van der Waals surface area contributed by atoms with Crippen LogP contribution in [0.1, 0.15) is 34.3 Å². The van der Waals surface area contributed by atoms with Crippen LogP contribution in [0.15, 0.2) is 91.0 Å². The van der Waals surface area contributed by atoms with Crippen LogP contribution in [0.3, 0.4) is 0 Å². The number of benzene rings is 3. The Morgan fingerprint density at radius 2 is 1.54 bits per heavy atom. The van der Waals surface area contributed by atoms with Crippen LogP contribution in [0.5, 0.6) is 0 Å². The molecule has 0 aromatic heterocycles. The zero-order valence-electron chi connectivity index (χ0n) is 15.7. The fraction of sp³-hybridized carbons (Fsp3) is 0.167. The number of nitro benzene ring substituents is 1. The maximum Gasteiger partial charge on any atom is 0.269 e. The van der Waals surface area contributed by atoms with Gasteiger partial charge < -0.3 is 5.11 Å². The van der Waals surface area contributed by atoms with Crippen LogP contribution in [0.2, 0.25) is 0 Å². The van der Waals surface area contributed by atoms with Crippen molar-refractivity contribution in [2.45, 2.75) is 25.4 Å². The summed E-state index contributed by atoms with van der Waals surface area (Å²) in [4.78, 5) is 10.4. The highest BCUT2D eigenvalue weighted by Crippen LogP contribution is 2.33. The number of aliphatic hydroxyl groups excluding tert-OH is 1. The second kappa shape index (κ2) is 9.11. The summed E-state index contributed by atoms with van der Waals surface area (Å²) in [5, 5.41) is 21.9. The van der Waals surface area contributed by atoms with Gasteiger partial charge in [0.1, 0.15) is 0 Å². The predicted octanol–water partition coefficient (Wildman–Crippen LogP) is 5.52. The molecule has 3 aromatic carbocycles. The smallest absolute Gasteiger partial charge is 0.269 e. The van der Waals surface area contributed by atoms with Gasteiger partial charge in [0.2, 0.25) is 0 Å². The second-order valence-electron chi connectivity index (χ2n) is 6.85. The molecule has 28 heavy (non-hydrogen) atoms. The first-order valence-corrected chi connectivity index (χ1v) is 9.24. The summed E-state index contributed by atoms with van der Waals surface area (Å²) in [5.41, 5.74) is 4.02. The van der Waals surface area contributed by atoms with E-state index in [0.717, 1.165) is 17.5 Å². The molecule has 0 spiro atoms. The lowest BCUT2D eigenvalue weighted by molar-refractivity contribution is -0.384. The van der Waals surface area contributed by atoms with E-state index in [1.54, 1.807) is 12.1 Å². The number of hydrogen-bond acceptors (Lipinski definition) is 3. The Labute approximate surface area is 164 Å². The standard InChI is InChI=1S/C24H23NO3/c1-18-10-12-20(13-11-18)23(9-5-8-19-6-3-2-4-7-19)24(26)21-14-16-22(17-15-21)25(27)28/h2-7,9-17,23-24,26H,8H2,1H3/b9-5-/t23-,24-/m0/s1. The Morgan fingerprint density at radius 3 is 2.14 bits per heavy atom. The highest BCUT2D eigenvalue weighted by Gasteiger charge is 2.21. The molecule has 0 aliphatic carbocycles. The molecule has 0 aliphatic heterocycles. The molecule has 0 heterocycles. The molecule has 3 aromatic rings. The van der Waals surface area contributed by atoms with Gasteiger partial charge in [-0.15, -0.1) is 0 Å². The fourth-order valence-corrected chi connectivity index (χ4v) is 3.15. The summed E-state index contributed by atoms with van der Waals surface area (Å²) in [7, 11) is 0. The van der Waals surface area contributed by atoms with E-state index in [0.29, 0.717) is 5.56 Å². The summed E-state index contributed by atoms with van der Waals surface area (Å²) < 4.78 is 0. The van der Waals surface area contributed by atoms with Gasteiger partial charge in [-0.1, -0.05) is 72.3 Å². The van der Waals surface area contributed by atoms with E-state index in [2.05, 4.69) is 18.2 Å². The van der Waals surface area contributed by atoms with Crippen LogP contribution in [0.25, 0.3) is 0 Å². The van der Waals surface area contributed by atoms with E-state index in [9.17, 15) is 15.2 Å². The number of aliphatic hydroxyl groups is 1. The summed E-state index contributed by atoms with van der Waals surface area (Å²) >= 11 is 0. The normalized spacial score (nSPS) is 13.4. The van der Waals surface area contributed by atoms with Crippen molar-refractivity contribution in [3.05, 3.63) is 123 Å². The Bertz CT molecular complexity index is 932. The molecule has 4 nitrogen and oxygen atoms in total. The Balaban J connectivity index is 1.86. The molecule has 3 rings (SSSR count). The summed E-state index contributed by atoms with van der Waals surface area (Å²) in [6.45, 7) is 2.02. The van der Waals surface area contributed by atoms with Crippen LogP contribution >= 0.6 is 0 Å². The van der Waals surface area contributed by atoms with Crippen LogP contribution in [-0.4, -0.2) is 10.0 Å². The molecule has 0 saturated heterocycles. The van der Waals surface area contributed by atoms with Crippen molar-refractivity contribution in [2.24, 2.45) is 0 Å². The topological polar surface area (TPSA) is 63.4 Å². The number of aryl methyl sites for hydroxylation is 1. The minimum Gasteiger partial charge on any atom is -0.387 e. The number of nitro groups is 1. The lowest BCUT2D eigenvalue weighted by Crippen LogP contribution is -2.09. The Kier molecular flexibility index (Phi) is 6.35. The Morgan fingerprint density at radius 1 is 0.929 bits per heavy atom. The van der Waals surface area contributed by atoms with E-state index >= 15 is 0 Å². The van der Waals surface area contributed by atoms with Gasteiger partial charge in [-0.25, -0.2) is 0 Å². The summed E-state index contributed by atoms with van der Waals surface area (Å²) in [6, 6.07) is 24.3. The van der Waals surface area contributed by atoms with Gasteiger partial charge >= 0.3 is 0 Å². The first kappa shape index (κ1) is 19.5. The van der Waals surface area contributed by atoms with Gasteiger partial charge in [0.05, 0.1) is 11.0 Å². The average molecular weight is 373 g/mol. The first-order chi connectivity index (χ1) is 13.5. The van der Waals surface area contributed by atoms with Gasteiger partial charge in [-0.05, 0) is 42.2 Å². The third-order valence-corrected chi connectivity index (χ3v) is 4.79. The van der Waals surface area contributed by atoms with E-state index in [1.165, 1.54) is 17.7 Å². The zero-order valence-corrected chi connectivity index (χ0v) is 15.7. The van der Waals surface area contributed by atoms with Crippen molar-refractivity contribution in [3.8, 4) is 0 Å². The third kappa shape index (κ3) is 4.93. The maximum absolute atomic E-state index is 11.0. The Hall–Kier alpha value is -3.24. The summed E-state index contributed by atoms with van der Waals surface area (Å²) in [5.74, 6) is -0.245. The maximum atomic E-state index is 11.0. The number of rotatable bonds is 7. The lowest BCUT2D eigenvalue weighted by atomic mass is 9.88. The molecule has 1 N–H and O–H groups in total. The van der Waals surface area contributed by atoms with Crippen molar-refractivity contribution >= 4 is 5.69 Å². The van der Waals surface area contributed by atoms with Gasteiger partial charge in [0.15, 0.2) is 0 Å². The van der Waals surface area contributed by atoms with E-state index in [-0.39, 0.29) is 11.6 Å². The highest BCUT2D eigenvalue weighted by molar-refractivity contribution is 5.37. The largest absolute Gasteiger partial charge is 0.387 e. The third-order valence-electron chi connectivity index (χ3n) is 4.79. The lowest BCUT2D eigenvalue weighted by Gasteiger charge is -2.21. The first-order valence-electron chi connectivity index (χ1n) is 9.24.